The number of hydrogen-bond acceptors (Lipinski definition) is 9. The van der Waals surface area contributed by atoms with E-state index in [0.717, 1.165) is 18.1 Å². The van der Waals surface area contributed by atoms with Gasteiger partial charge in [-0.15, -0.1) is 0 Å². The predicted molar refractivity (Wildman–Crippen MR) is 105 cm³/mol. The van der Waals surface area contributed by atoms with Crippen LogP contribution in [0.4, 0.5) is 17.5 Å². The third-order valence-electron chi connectivity index (χ3n) is 5.70. The molecule has 3 N–H and O–H groups in total. The molecular formula is C19H25N7O2. The van der Waals surface area contributed by atoms with Gasteiger partial charge in [0.1, 0.15) is 23.6 Å². The van der Waals surface area contributed by atoms with Crippen molar-refractivity contribution in [2.45, 2.75) is 51.5 Å². The van der Waals surface area contributed by atoms with Crippen LogP contribution in [0.3, 0.4) is 0 Å². The van der Waals surface area contributed by atoms with E-state index in [-0.39, 0.29) is 23.8 Å². The molecular weight excluding hydrogens is 358 g/mol. The Hall–Kier alpha value is -2.68. The molecule has 1 aliphatic carbocycles. The second-order valence-corrected chi connectivity index (χ2v) is 8.23. The highest BCUT2D eigenvalue weighted by molar-refractivity contribution is 5.79. The van der Waals surface area contributed by atoms with Crippen molar-refractivity contribution < 1.29 is 9.47 Å². The van der Waals surface area contributed by atoms with Crippen molar-refractivity contribution in [1.82, 2.24) is 19.9 Å². The first-order valence-corrected chi connectivity index (χ1v) is 9.76. The SMILES string of the molecule is CC(Oc1nc(-c2cnc(N)nc2)nc2c1NC1N2CCOC1(C)C)C1CC1. The highest BCUT2D eigenvalue weighted by Gasteiger charge is 2.46. The van der Waals surface area contributed by atoms with Crippen molar-refractivity contribution in [2.24, 2.45) is 5.92 Å². The average Bonchev–Trinajstić information content (AvgIpc) is 3.44. The van der Waals surface area contributed by atoms with E-state index in [1.165, 1.54) is 12.8 Å². The molecule has 2 atom stereocenters. The van der Waals surface area contributed by atoms with Crippen molar-refractivity contribution in [1.29, 1.82) is 0 Å². The first kappa shape index (κ1) is 17.4. The number of rotatable bonds is 4. The third kappa shape index (κ3) is 2.90. The zero-order valence-electron chi connectivity index (χ0n) is 16.3. The fraction of sp³-hybridized carbons (Fsp3) is 0.579. The standard InChI is InChI=1S/C19H25N7O2/c1-10(11-4-5-11)28-16-13-15(26-6-7-27-19(2,3)17(26)23-13)24-14(25-16)12-8-21-18(20)22-9-12/h8-11,17,23H,4-7H2,1-3H3,(H2,20,21,22). The topological polar surface area (TPSA) is 111 Å². The largest absolute Gasteiger partial charge is 0.473 e. The maximum atomic E-state index is 6.29. The minimum Gasteiger partial charge on any atom is -0.473 e. The maximum Gasteiger partial charge on any atom is 0.243 e. The van der Waals surface area contributed by atoms with Gasteiger partial charge < -0.3 is 25.4 Å². The van der Waals surface area contributed by atoms with Gasteiger partial charge in [0, 0.05) is 18.9 Å². The predicted octanol–water partition coefficient (Wildman–Crippen LogP) is 2.06. The normalized spacial score (nSPS) is 23.5. The summed E-state index contributed by atoms with van der Waals surface area (Å²) in [5.74, 6) is 2.75. The minimum atomic E-state index is -0.358. The molecule has 0 spiro atoms. The molecule has 0 bridgehead atoms. The Morgan fingerprint density at radius 2 is 2.04 bits per heavy atom. The van der Waals surface area contributed by atoms with Crippen LogP contribution in [-0.4, -0.2) is 51.0 Å². The summed E-state index contributed by atoms with van der Waals surface area (Å²) in [6.45, 7) is 7.66. The molecule has 1 saturated heterocycles. The van der Waals surface area contributed by atoms with Crippen LogP contribution in [0.2, 0.25) is 0 Å². The first-order valence-electron chi connectivity index (χ1n) is 9.76. The van der Waals surface area contributed by atoms with E-state index in [1.54, 1.807) is 12.4 Å². The van der Waals surface area contributed by atoms with E-state index < -0.39 is 0 Å². The van der Waals surface area contributed by atoms with Gasteiger partial charge in [0.25, 0.3) is 0 Å². The Balaban J connectivity index is 1.59. The Kier molecular flexibility index (Phi) is 3.84. The second kappa shape index (κ2) is 6.16. The molecule has 0 aromatic carbocycles. The van der Waals surface area contributed by atoms with Crippen molar-refractivity contribution in [3.63, 3.8) is 0 Å². The van der Waals surface area contributed by atoms with Crippen LogP contribution in [0.1, 0.15) is 33.6 Å². The number of nitrogen functional groups attached to an aromatic ring is 1. The molecule has 2 aliphatic heterocycles. The monoisotopic (exact) mass is 383 g/mol. The molecule has 28 heavy (non-hydrogen) atoms. The fourth-order valence-corrected chi connectivity index (χ4v) is 3.88. The molecule has 2 fully saturated rings. The lowest BCUT2D eigenvalue weighted by atomic mass is 10.0. The summed E-state index contributed by atoms with van der Waals surface area (Å²) >= 11 is 0. The van der Waals surface area contributed by atoms with Gasteiger partial charge in [-0.25, -0.2) is 15.0 Å². The summed E-state index contributed by atoms with van der Waals surface area (Å²) < 4.78 is 12.3. The number of nitrogens with two attached hydrogens (primary N) is 1. The first-order chi connectivity index (χ1) is 13.4. The van der Waals surface area contributed by atoms with Gasteiger partial charge >= 0.3 is 0 Å². The number of nitrogens with one attached hydrogen (secondary N) is 1. The summed E-state index contributed by atoms with van der Waals surface area (Å²) in [6.07, 6.45) is 5.77. The molecule has 148 valence electrons. The number of hydrogen-bond donors (Lipinski definition) is 2. The van der Waals surface area contributed by atoms with E-state index in [2.05, 4.69) is 41.0 Å². The third-order valence-corrected chi connectivity index (χ3v) is 5.70. The van der Waals surface area contributed by atoms with E-state index in [9.17, 15) is 0 Å². The number of nitrogens with zero attached hydrogens (tertiary/aromatic N) is 5. The fourth-order valence-electron chi connectivity index (χ4n) is 3.88. The van der Waals surface area contributed by atoms with E-state index in [4.69, 9.17) is 25.2 Å². The molecule has 9 heteroatoms. The number of morpholine rings is 1. The van der Waals surface area contributed by atoms with Crippen molar-refractivity contribution >= 4 is 17.5 Å². The summed E-state index contributed by atoms with van der Waals surface area (Å²) in [5, 5.41) is 3.55. The molecule has 2 unspecified atom stereocenters. The average molecular weight is 383 g/mol. The van der Waals surface area contributed by atoms with Gasteiger partial charge in [0.05, 0.1) is 12.2 Å². The number of ether oxygens (including phenoxy) is 2. The molecule has 2 aromatic heterocycles. The van der Waals surface area contributed by atoms with Crippen LogP contribution in [0.15, 0.2) is 12.4 Å². The highest BCUT2D eigenvalue weighted by atomic mass is 16.5. The maximum absolute atomic E-state index is 6.29. The Bertz CT molecular complexity index is 898. The van der Waals surface area contributed by atoms with Gasteiger partial charge in [0.2, 0.25) is 11.8 Å². The smallest absolute Gasteiger partial charge is 0.243 e. The van der Waals surface area contributed by atoms with Crippen LogP contribution in [0.25, 0.3) is 11.4 Å². The summed E-state index contributed by atoms with van der Waals surface area (Å²) in [4.78, 5) is 19.9. The van der Waals surface area contributed by atoms with E-state index in [0.29, 0.717) is 29.8 Å². The quantitative estimate of drug-likeness (QED) is 0.819. The molecule has 0 amide bonds. The van der Waals surface area contributed by atoms with Crippen LogP contribution >= 0.6 is 0 Å². The van der Waals surface area contributed by atoms with Crippen molar-refractivity contribution in [2.75, 3.05) is 29.1 Å². The molecule has 0 radical (unpaired) electrons. The summed E-state index contributed by atoms with van der Waals surface area (Å²) in [5.41, 5.74) is 6.81. The lowest BCUT2D eigenvalue weighted by Gasteiger charge is -2.42. The highest BCUT2D eigenvalue weighted by Crippen LogP contribution is 2.46. The summed E-state index contributed by atoms with van der Waals surface area (Å²) in [7, 11) is 0. The van der Waals surface area contributed by atoms with E-state index >= 15 is 0 Å². The van der Waals surface area contributed by atoms with Crippen molar-refractivity contribution in [3.05, 3.63) is 12.4 Å². The molecule has 9 nitrogen and oxygen atoms in total. The zero-order valence-corrected chi connectivity index (χ0v) is 16.3. The van der Waals surface area contributed by atoms with Gasteiger partial charge in [0.15, 0.2) is 11.6 Å². The van der Waals surface area contributed by atoms with Gasteiger partial charge in [-0.2, -0.15) is 4.98 Å². The van der Waals surface area contributed by atoms with Gasteiger partial charge in [-0.05, 0) is 39.5 Å². The number of fused-ring (bicyclic) bond motifs is 3. The van der Waals surface area contributed by atoms with Crippen molar-refractivity contribution in [3.8, 4) is 17.3 Å². The van der Waals surface area contributed by atoms with Crippen LogP contribution in [-0.2, 0) is 4.74 Å². The molecule has 5 rings (SSSR count). The van der Waals surface area contributed by atoms with Crippen LogP contribution in [0, 0.1) is 5.92 Å². The van der Waals surface area contributed by atoms with Gasteiger partial charge in [-0.1, -0.05) is 0 Å². The Labute approximate surface area is 163 Å². The van der Waals surface area contributed by atoms with Gasteiger partial charge in [-0.3, -0.25) is 0 Å². The molecule has 1 saturated carbocycles. The lowest BCUT2D eigenvalue weighted by Crippen LogP contribution is -2.58. The Morgan fingerprint density at radius 1 is 1.29 bits per heavy atom. The minimum absolute atomic E-state index is 0.0259. The molecule has 4 heterocycles. The lowest BCUT2D eigenvalue weighted by molar-refractivity contribution is -0.0489. The zero-order chi connectivity index (χ0) is 19.5. The number of aromatic nitrogens is 4. The van der Waals surface area contributed by atoms with E-state index in [1.807, 2.05) is 0 Å². The summed E-state index contributed by atoms with van der Waals surface area (Å²) in [6, 6.07) is 0. The Morgan fingerprint density at radius 3 is 2.75 bits per heavy atom. The molecule has 3 aliphatic rings. The van der Waals surface area contributed by atoms with Crippen LogP contribution in [0.5, 0.6) is 5.88 Å². The van der Waals surface area contributed by atoms with Crippen LogP contribution < -0.4 is 20.7 Å². The second-order valence-electron chi connectivity index (χ2n) is 8.23. The number of anilines is 3. The molecule has 2 aromatic rings.